The average molecular weight is 259 g/mol. The summed E-state index contributed by atoms with van der Waals surface area (Å²) in [6, 6.07) is 7.49. The third kappa shape index (κ3) is 3.89. The van der Waals surface area contributed by atoms with E-state index in [4.69, 9.17) is 5.11 Å². The van der Waals surface area contributed by atoms with Gasteiger partial charge < -0.3 is 15.3 Å². The van der Waals surface area contributed by atoms with Crippen molar-refractivity contribution in [3.8, 4) is 0 Å². The Bertz CT molecular complexity index is 505. The molecule has 19 heavy (non-hydrogen) atoms. The molecule has 100 valence electrons. The Morgan fingerprint density at radius 2 is 2.11 bits per heavy atom. The van der Waals surface area contributed by atoms with Gasteiger partial charge in [0.15, 0.2) is 0 Å². The van der Waals surface area contributed by atoms with Crippen molar-refractivity contribution >= 4 is 17.5 Å². The van der Waals surface area contributed by atoms with Crippen LogP contribution in [0.2, 0.25) is 0 Å². The summed E-state index contributed by atoms with van der Waals surface area (Å²) < 4.78 is 0. The van der Waals surface area contributed by atoms with E-state index in [9.17, 15) is 0 Å². The zero-order chi connectivity index (χ0) is 13.5. The number of anilines is 3. The second-order valence-electron chi connectivity index (χ2n) is 4.10. The maximum absolute atomic E-state index is 8.83. The van der Waals surface area contributed by atoms with Crippen molar-refractivity contribution in [1.82, 2.24) is 15.0 Å². The molecule has 0 atom stereocenters. The van der Waals surface area contributed by atoms with Gasteiger partial charge in [0, 0.05) is 32.5 Å². The molecule has 0 fully saturated rings. The molecule has 2 heterocycles. The molecule has 0 saturated carbocycles. The summed E-state index contributed by atoms with van der Waals surface area (Å²) in [5.41, 5.74) is 0. The number of pyridine rings is 1. The molecule has 2 rings (SSSR count). The highest BCUT2D eigenvalue weighted by Crippen LogP contribution is 2.16. The number of rotatable bonds is 6. The normalized spacial score (nSPS) is 10.2. The van der Waals surface area contributed by atoms with Gasteiger partial charge in [-0.15, -0.1) is 0 Å². The van der Waals surface area contributed by atoms with E-state index in [0.29, 0.717) is 12.2 Å². The van der Waals surface area contributed by atoms with Crippen molar-refractivity contribution in [1.29, 1.82) is 0 Å². The van der Waals surface area contributed by atoms with Gasteiger partial charge in [-0.05, 0) is 18.6 Å². The van der Waals surface area contributed by atoms with Crippen molar-refractivity contribution in [2.45, 2.75) is 6.42 Å². The minimum atomic E-state index is 0.175. The maximum Gasteiger partial charge on any atom is 0.137 e. The molecular formula is C13H17N5O. The van der Waals surface area contributed by atoms with Crippen LogP contribution in [-0.2, 0) is 0 Å². The minimum absolute atomic E-state index is 0.175. The van der Waals surface area contributed by atoms with Crippen LogP contribution >= 0.6 is 0 Å². The van der Waals surface area contributed by atoms with Crippen LogP contribution in [0, 0.1) is 0 Å². The fourth-order valence-electron chi connectivity index (χ4n) is 1.61. The third-order valence-electron chi connectivity index (χ3n) is 2.62. The predicted molar refractivity (Wildman–Crippen MR) is 74.5 cm³/mol. The van der Waals surface area contributed by atoms with Gasteiger partial charge in [0.05, 0.1) is 0 Å². The summed E-state index contributed by atoms with van der Waals surface area (Å²) in [7, 11) is 1.93. The number of aliphatic hydroxyl groups excluding tert-OH is 1. The van der Waals surface area contributed by atoms with Crippen molar-refractivity contribution in [3.05, 3.63) is 36.8 Å². The van der Waals surface area contributed by atoms with E-state index >= 15 is 0 Å². The zero-order valence-corrected chi connectivity index (χ0v) is 10.8. The Balaban J connectivity index is 2.06. The number of hydrogen-bond acceptors (Lipinski definition) is 6. The van der Waals surface area contributed by atoms with Crippen molar-refractivity contribution < 1.29 is 5.11 Å². The number of aromatic nitrogens is 3. The van der Waals surface area contributed by atoms with Gasteiger partial charge in [0.25, 0.3) is 0 Å². The Morgan fingerprint density at radius 1 is 1.21 bits per heavy atom. The summed E-state index contributed by atoms with van der Waals surface area (Å²) in [4.78, 5) is 14.5. The second kappa shape index (κ2) is 6.65. The van der Waals surface area contributed by atoms with E-state index in [2.05, 4.69) is 20.3 Å². The van der Waals surface area contributed by atoms with E-state index in [-0.39, 0.29) is 6.61 Å². The van der Waals surface area contributed by atoms with E-state index < -0.39 is 0 Å². The average Bonchev–Trinajstić information content (AvgIpc) is 2.46. The van der Waals surface area contributed by atoms with Gasteiger partial charge >= 0.3 is 0 Å². The van der Waals surface area contributed by atoms with E-state index in [1.165, 1.54) is 6.33 Å². The van der Waals surface area contributed by atoms with Gasteiger partial charge in [-0.3, -0.25) is 0 Å². The first kappa shape index (κ1) is 13.2. The SMILES string of the molecule is CN(CCCO)c1cc(Nc2ccccn2)ncn1. The molecule has 0 aliphatic heterocycles. The quantitative estimate of drug-likeness (QED) is 0.817. The molecule has 0 saturated heterocycles. The Hall–Kier alpha value is -2.21. The van der Waals surface area contributed by atoms with Gasteiger partial charge in [-0.1, -0.05) is 6.07 Å². The first-order valence-electron chi connectivity index (χ1n) is 6.11. The van der Waals surface area contributed by atoms with Gasteiger partial charge in [-0.25, -0.2) is 15.0 Å². The second-order valence-corrected chi connectivity index (χ2v) is 4.10. The molecule has 0 unspecified atom stereocenters. The molecule has 0 amide bonds. The fraction of sp³-hybridized carbons (Fsp3) is 0.308. The Kier molecular flexibility index (Phi) is 4.63. The Morgan fingerprint density at radius 3 is 2.84 bits per heavy atom. The number of nitrogens with zero attached hydrogens (tertiary/aromatic N) is 4. The summed E-state index contributed by atoms with van der Waals surface area (Å²) in [5, 5.41) is 11.9. The van der Waals surface area contributed by atoms with Crippen LogP contribution in [0.5, 0.6) is 0 Å². The highest BCUT2D eigenvalue weighted by Gasteiger charge is 2.04. The molecule has 6 nitrogen and oxygen atoms in total. The maximum atomic E-state index is 8.83. The lowest BCUT2D eigenvalue weighted by atomic mass is 10.4. The molecule has 0 radical (unpaired) electrons. The summed E-state index contributed by atoms with van der Waals surface area (Å²) in [6.45, 7) is 0.922. The van der Waals surface area contributed by atoms with Crippen LogP contribution in [0.15, 0.2) is 36.8 Å². The van der Waals surface area contributed by atoms with Crippen LogP contribution < -0.4 is 10.2 Å². The molecule has 0 aliphatic rings. The Labute approximate surface area is 112 Å². The van der Waals surface area contributed by atoms with Gasteiger partial charge in [-0.2, -0.15) is 0 Å². The molecule has 0 bridgehead atoms. The van der Waals surface area contributed by atoms with Gasteiger partial charge in [0.1, 0.15) is 23.8 Å². The molecule has 2 aromatic rings. The highest BCUT2D eigenvalue weighted by molar-refractivity contribution is 5.55. The van der Waals surface area contributed by atoms with E-state index in [0.717, 1.165) is 18.2 Å². The van der Waals surface area contributed by atoms with E-state index in [1.807, 2.05) is 36.2 Å². The lowest BCUT2D eigenvalue weighted by Crippen LogP contribution is -2.20. The molecule has 2 N–H and O–H groups in total. The zero-order valence-electron chi connectivity index (χ0n) is 10.8. The van der Waals surface area contributed by atoms with Crippen molar-refractivity contribution in [2.24, 2.45) is 0 Å². The number of nitrogens with one attached hydrogen (secondary N) is 1. The van der Waals surface area contributed by atoms with E-state index in [1.54, 1.807) is 6.20 Å². The summed E-state index contributed by atoms with van der Waals surface area (Å²) >= 11 is 0. The molecule has 0 aromatic carbocycles. The third-order valence-corrected chi connectivity index (χ3v) is 2.62. The molecular weight excluding hydrogens is 242 g/mol. The minimum Gasteiger partial charge on any atom is -0.396 e. The van der Waals surface area contributed by atoms with Crippen LogP contribution in [0.1, 0.15) is 6.42 Å². The fourth-order valence-corrected chi connectivity index (χ4v) is 1.61. The molecule has 6 heteroatoms. The number of aliphatic hydroxyl groups is 1. The first-order valence-corrected chi connectivity index (χ1v) is 6.11. The van der Waals surface area contributed by atoms with Crippen LogP contribution in [0.4, 0.5) is 17.5 Å². The first-order chi connectivity index (χ1) is 9.29. The van der Waals surface area contributed by atoms with Crippen molar-refractivity contribution in [3.63, 3.8) is 0 Å². The molecule has 2 aromatic heterocycles. The van der Waals surface area contributed by atoms with Gasteiger partial charge in [0.2, 0.25) is 0 Å². The van der Waals surface area contributed by atoms with Crippen LogP contribution in [-0.4, -0.2) is 40.3 Å². The summed E-state index contributed by atoms with van der Waals surface area (Å²) in [6.07, 6.45) is 3.94. The predicted octanol–water partition coefficient (Wildman–Crippen LogP) is 1.43. The number of hydrogen-bond donors (Lipinski definition) is 2. The van der Waals surface area contributed by atoms with Crippen molar-refractivity contribution in [2.75, 3.05) is 30.4 Å². The molecule has 0 spiro atoms. The lowest BCUT2D eigenvalue weighted by molar-refractivity contribution is 0.290. The molecule has 0 aliphatic carbocycles. The summed E-state index contributed by atoms with van der Waals surface area (Å²) in [5.74, 6) is 2.24. The lowest BCUT2D eigenvalue weighted by Gasteiger charge is -2.17. The largest absolute Gasteiger partial charge is 0.396 e. The standard InChI is InChI=1S/C13H17N5O/c1-18(7-4-8-19)13-9-12(15-10-16-13)17-11-5-2-3-6-14-11/h2-3,5-6,9-10,19H,4,7-8H2,1H3,(H,14,15,16,17). The smallest absolute Gasteiger partial charge is 0.137 e. The highest BCUT2D eigenvalue weighted by atomic mass is 16.3. The monoisotopic (exact) mass is 259 g/mol. The van der Waals surface area contributed by atoms with Crippen LogP contribution in [0.3, 0.4) is 0 Å². The topological polar surface area (TPSA) is 74.2 Å². The van der Waals surface area contributed by atoms with Crippen LogP contribution in [0.25, 0.3) is 0 Å².